The van der Waals surface area contributed by atoms with Gasteiger partial charge in [-0.1, -0.05) is 25.3 Å². The first-order valence-electron chi connectivity index (χ1n) is 3.52. The molecule has 0 aromatic carbocycles. The lowest BCUT2D eigenvalue weighted by molar-refractivity contribution is 0.399. The summed E-state index contributed by atoms with van der Waals surface area (Å²) in [5.41, 5.74) is 1.07. The van der Waals surface area contributed by atoms with Crippen LogP contribution in [0.5, 0.6) is 0 Å². The van der Waals surface area contributed by atoms with Gasteiger partial charge in [-0.05, 0) is 12.6 Å². The van der Waals surface area contributed by atoms with Gasteiger partial charge in [0.2, 0.25) is 0 Å². The lowest BCUT2D eigenvalue weighted by atomic mass is 10.2. The Labute approximate surface area is 80.1 Å². The number of aliphatic hydroxyl groups excluding tert-OH is 1. The SMILES string of the molecule is C=C/C(S)=C(\C=C)CNC.CO. The molecule has 0 rings (SSSR count). The van der Waals surface area contributed by atoms with Gasteiger partial charge in [-0.3, -0.25) is 0 Å². The van der Waals surface area contributed by atoms with E-state index in [-0.39, 0.29) is 0 Å². The molecule has 12 heavy (non-hydrogen) atoms. The zero-order valence-electron chi connectivity index (χ0n) is 7.67. The molecule has 3 heteroatoms. The monoisotopic (exact) mass is 187 g/mol. The Morgan fingerprint density at radius 1 is 1.42 bits per heavy atom. The zero-order chi connectivity index (χ0) is 9.98. The van der Waals surface area contributed by atoms with Crippen molar-refractivity contribution in [3.8, 4) is 0 Å². The maximum absolute atomic E-state index is 7.00. The standard InChI is InChI=1S/C8H13NS.CH4O/c1-4-7(6-9-3)8(10)5-2;1-2/h4-5,9-10H,1-2,6H2,3H3;2H,1H3/b8-7-;. The topological polar surface area (TPSA) is 32.3 Å². The molecule has 0 saturated heterocycles. The molecule has 0 aliphatic rings. The molecule has 0 saturated carbocycles. The van der Waals surface area contributed by atoms with Crippen LogP contribution >= 0.6 is 12.6 Å². The third kappa shape index (κ3) is 6.22. The van der Waals surface area contributed by atoms with Crippen molar-refractivity contribution in [2.45, 2.75) is 0 Å². The summed E-state index contributed by atoms with van der Waals surface area (Å²) in [6, 6.07) is 0. The van der Waals surface area contributed by atoms with Gasteiger partial charge < -0.3 is 10.4 Å². The van der Waals surface area contributed by atoms with E-state index >= 15 is 0 Å². The fourth-order valence-corrected chi connectivity index (χ4v) is 0.759. The Bertz CT molecular complexity index is 164. The molecule has 0 aromatic heterocycles. The Balaban J connectivity index is 0. The van der Waals surface area contributed by atoms with Crippen LogP contribution in [0.1, 0.15) is 0 Å². The van der Waals surface area contributed by atoms with Crippen LogP contribution in [0.3, 0.4) is 0 Å². The number of hydrogen-bond donors (Lipinski definition) is 3. The summed E-state index contributed by atoms with van der Waals surface area (Å²) in [5, 5.41) is 10.0. The second-order valence-corrected chi connectivity index (χ2v) is 2.33. The van der Waals surface area contributed by atoms with Crippen molar-refractivity contribution in [3.63, 3.8) is 0 Å². The molecule has 0 bridgehead atoms. The van der Waals surface area contributed by atoms with Gasteiger partial charge in [-0.25, -0.2) is 0 Å². The molecule has 2 nitrogen and oxygen atoms in total. The van der Waals surface area contributed by atoms with Crippen LogP contribution in [0, 0.1) is 0 Å². The van der Waals surface area contributed by atoms with Crippen LogP contribution in [0.15, 0.2) is 35.8 Å². The second kappa shape index (κ2) is 10.5. The van der Waals surface area contributed by atoms with Gasteiger partial charge in [0.05, 0.1) is 0 Å². The minimum atomic E-state index is 0.786. The van der Waals surface area contributed by atoms with E-state index < -0.39 is 0 Å². The van der Waals surface area contributed by atoms with E-state index in [1.165, 1.54) is 0 Å². The number of nitrogens with one attached hydrogen (secondary N) is 1. The Kier molecular flexibility index (Phi) is 12.3. The number of hydrogen-bond acceptors (Lipinski definition) is 3. The summed E-state index contributed by atoms with van der Waals surface area (Å²) in [7, 11) is 2.88. The van der Waals surface area contributed by atoms with E-state index in [1.54, 1.807) is 12.2 Å². The zero-order valence-corrected chi connectivity index (χ0v) is 8.56. The Hall–Kier alpha value is -0.510. The van der Waals surface area contributed by atoms with E-state index in [2.05, 4.69) is 31.1 Å². The first-order valence-corrected chi connectivity index (χ1v) is 3.97. The molecule has 0 atom stereocenters. The van der Waals surface area contributed by atoms with Gasteiger partial charge in [-0.2, -0.15) is 0 Å². The molecule has 0 amide bonds. The Morgan fingerprint density at radius 3 is 2.17 bits per heavy atom. The summed E-state index contributed by atoms with van der Waals surface area (Å²) in [6.07, 6.45) is 3.48. The van der Waals surface area contributed by atoms with Gasteiger partial charge in [-0.15, -0.1) is 12.6 Å². The summed E-state index contributed by atoms with van der Waals surface area (Å²) < 4.78 is 0. The van der Waals surface area contributed by atoms with Crippen molar-refractivity contribution in [3.05, 3.63) is 35.8 Å². The molecule has 0 aliphatic heterocycles. The Morgan fingerprint density at radius 2 is 1.92 bits per heavy atom. The molecule has 0 unspecified atom stereocenters. The fraction of sp³-hybridized carbons (Fsp3) is 0.333. The lowest BCUT2D eigenvalue weighted by Crippen LogP contribution is -2.09. The third-order valence-electron chi connectivity index (χ3n) is 1.14. The molecule has 70 valence electrons. The predicted octanol–water partition coefficient (Wildman–Crippen LogP) is 1.37. The van der Waals surface area contributed by atoms with Crippen molar-refractivity contribution in [1.29, 1.82) is 0 Å². The molecule has 0 aliphatic carbocycles. The summed E-state index contributed by atoms with van der Waals surface area (Å²) in [5.74, 6) is 0. The van der Waals surface area contributed by atoms with E-state index in [4.69, 9.17) is 5.11 Å². The number of likely N-dealkylation sites (N-methyl/N-ethyl adjacent to an activating group) is 1. The highest BCUT2D eigenvalue weighted by Gasteiger charge is 1.92. The number of thiol groups is 1. The molecular weight excluding hydrogens is 170 g/mol. The number of rotatable bonds is 4. The molecular formula is C9H17NOS. The fourth-order valence-electron chi connectivity index (χ4n) is 0.589. The average molecular weight is 187 g/mol. The molecule has 0 aromatic rings. The van der Waals surface area contributed by atoms with Gasteiger partial charge in [0.25, 0.3) is 0 Å². The minimum Gasteiger partial charge on any atom is -0.400 e. The highest BCUT2D eigenvalue weighted by atomic mass is 32.1. The third-order valence-corrected chi connectivity index (χ3v) is 1.61. The van der Waals surface area contributed by atoms with Crippen LogP contribution < -0.4 is 5.32 Å². The maximum Gasteiger partial charge on any atom is 0.0319 e. The van der Waals surface area contributed by atoms with Gasteiger partial charge in [0.1, 0.15) is 0 Å². The highest BCUT2D eigenvalue weighted by Crippen LogP contribution is 2.09. The van der Waals surface area contributed by atoms with Gasteiger partial charge in [0.15, 0.2) is 0 Å². The lowest BCUT2D eigenvalue weighted by Gasteiger charge is -2.01. The maximum atomic E-state index is 7.00. The van der Waals surface area contributed by atoms with Crippen molar-refractivity contribution in [1.82, 2.24) is 5.32 Å². The number of aliphatic hydroxyl groups is 1. The normalized spacial score (nSPS) is 10.7. The predicted molar refractivity (Wildman–Crippen MR) is 58.5 cm³/mol. The van der Waals surface area contributed by atoms with Crippen molar-refractivity contribution in [2.75, 3.05) is 20.7 Å². The highest BCUT2D eigenvalue weighted by molar-refractivity contribution is 7.84. The summed E-state index contributed by atoms with van der Waals surface area (Å²) in [6.45, 7) is 8.04. The first kappa shape index (κ1) is 14.0. The summed E-state index contributed by atoms with van der Waals surface area (Å²) >= 11 is 4.19. The van der Waals surface area contributed by atoms with E-state index in [9.17, 15) is 0 Å². The van der Waals surface area contributed by atoms with Gasteiger partial charge in [0, 0.05) is 18.6 Å². The average Bonchev–Trinajstić information content (AvgIpc) is 2.16. The van der Waals surface area contributed by atoms with Crippen LogP contribution in [-0.2, 0) is 0 Å². The summed E-state index contributed by atoms with van der Waals surface area (Å²) in [4.78, 5) is 0.879. The van der Waals surface area contributed by atoms with Crippen molar-refractivity contribution in [2.24, 2.45) is 0 Å². The molecule has 0 fully saturated rings. The second-order valence-electron chi connectivity index (χ2n) is 1.85. The van der Waals surface area contributed by atoms with Crippen LogP contribution in [0.4, 0.5) is 0 Å². The van der Waals surface area contributed by atoms with Crippen LogP contribution in [-0.4, -0.2) is 25.8 Å². The van der Waals surface area contributed by atoms with Crippen LogP contribution in [0.25, 0.3) is 0 Å². The smallest absolute Gasteiger partial charge is 0.0319 e. The number of allylic oxidation sites excluding steroid dienone is 1. The van der Waals surface area contributed by atoms with Gasteiger partial charge >= 0.3 is 0 Å². The quantitative estimate of drug-likeness (QED) is 0.459. The molecule has 0 radical (unpaired) electrons. The van der Waals surface area contributed by atoms with Crippen LogP contribution in [0.2, 0.25) is 0 Å². The van der Waals surface area contributed by atoms with E-state index in [1.807, 2.05) is 7.05 Å². The van der Waals surface area contributed by atoms with Crippen molar-refractivity contribution >= 4 is 12.6 Å². The first-order chi connectivity index (χ1) is 5.76. The van der Waals surface area contributed by atoms with E-state index in [0.717, 1.165) is 24.1 Å². The molecule has 0 spiro atoms. The molecule has 0 heterocycles. The van der Waals surface area contributed by atoms with Crippen molar-refractivity contribution < 1.29 is 5.11 Å². The largest absolute Gasteiger partial charge is 0.400 e. The minimum absolute atomic E-state index is 0.786. The van der Waals surface area contributed by atoms with E-state index in [0.29, 0.717) is 0 Å². The molecule has 2 N–H and O–H groups in total.